The van der Waals surface area contributed by atoms with Gasteiger partial charge in [0.25, 0.3) is 0 Å². The second kappa shape index (κ2) is 7.95. The Morgan fingerprint density at radius 3 is 2.33 bits per heavy atom. The highest BCUT2D eigenvalue weighted by Crippen LogP contribution is 2.40. The Morgan fingerprint density at radius 1 is 1.19 bits per heavy atom. The Kier molecular flexibility index (Phi) is 6.25. The largest absolute Gasteiger partial charge is 0.329 e. The van der Waals surface area contributed by atoms with Crippen molar-refractivity contribution in [1.29, 1.82) is 0 Å². The van der Waals surface area contributed by atoms with Gasteiger partial charge >= 0.3 is 0 Å². The molecule has 1 aromatic rings. The van der Waals surface area contributed by atoms with E-state index >= 15 is 0 Å². The zero-order chi connectivity index (χ0) is 15.2. The molecule has 0 spiro atoms. The van der Waals surface area contributed by atoms with E-state index in [0.29, 0.717) is 18.6 Å². The molecule has 1 fully saturated rings. The zero-order valence-corrected chi connectivity index (χ0v) is 14.0. The molecule has 21 heavy (non-hydrogen) atoms. The monoisotopic (exact) mass is 288 g/mol. The van der Waals surface area contributed by atoms with Crippen LogP contribution in [0.25, 0.3) is 0 Å². The Morgan fingerprint density at radius 2 is 1.86 bits per heavy atom. The molecular weight excluding hydrogens is 256 g/mol. The predicted molar refractivity (Wildman–Crippen MR) is 91.6 cm³/mol. The van der Waals surface area contributed by atoms with Crippen molar-refractivity contribution in [2.45, 2.75) is 70.9 Å². The first-order valence-electron chi connectivity index (χ1n) is 8.76. The number of hydrogen-bond acceptors (Lipinski definition) is 2. The van der Waals surface area contributed by atoms with Crippen LogP contribution in [-0.2, 0) is 0 Å². The predicted octanol–water partition coefficient (Wildman–Crippen LogP) is 4.46. The van der Waals surface area contributed by atoms with Gasteiger partial charge < -0.3 is 5.73 Å². The van der Waals surface area contributed by atoms with E-state index in [-0.39, 0.29) is 0 Å². The molecule has 2 heteroatoms. The first-order chi connectivity index (χ1) is 10.2. The summed E-state index contributed by atoms with van der Waals surface area (Å²) < 4.78 is 0. The maximum Gasteiger partial charge on any atom is 0.0473 e. The van der Waals surface area contributed by atoms with E-state index in [9.17, 15) is 0 Å². The molecule has 1 aromatic carbocycles. The van der Waals surface area contributed by atoms with Crippen LogP contribution < -0.4 is 5.73 Å². The maximum atomic E-state index is 6.14. The molecule has 1 aliphatic rings. The normalized spacial score (nSPS) is 18.0. The van der Waals surface area contributed by atoms with Crippen LogP contribution in [0.4, 0.5) is 0 Å². The summed E-state index contributed by atoms with van der Waals surface area (Å²) in [6, 6.07) is 10.2. The van der Waals surface area contributed by atoms with Crippen LogP contribution in [0.5, 0.6) is 0 Å². The minimum atomic E-state index is 0.361. The standard InChI is InChI=1S/C19H32N2/c1-4-6-13-21(15(3)5-2)19(14-20)18-11-9-17(10-12-18)16-7-8-16/h9-12,15-16,19H,4-8,13-14,20H2,1-3H3. The molecule has 2 atom stereocenters. The van der Waals surface area contributed by atoms with E-state index in [0.717, 1.165) is 12.5 Å². The van der Waals surface area contributed by atoms with Crippen LogP contribution in [0.15, 0.2) is 24.3 Å². The summed E-state index contributed by atoms with van der Waals surface area (Å²) >= 11 is 0. The molecule has 0 heterocycles. The molecule has 2 unspecified atom stereocenters. The molecule has 0 amide bonds. The van der Waals surface area contributed by atoms with E-state index in [1.807, 2.05) is 0 Å². The fourth-order valence-electron chi connectivity index (χ4n) is 3.13. The van der Waals surface area contributed by atoms with Crippen molar-refractivity contribution in [1.82, 2.24) is 4.90 Å². The lowest BCUT2D eigenvalue weighted by Gasteiger charge is -2.36. The Balaban J connectivity index is 2.13. The van der Waals surface area contributed by atoms with Crippen LogP contribution >= 0.6 is 0 Å². The average Bonchev–Trinajstić information content (AvgIpc) is 3.36. The SMILES string of the molecule is CCCCN(C(C)CC)C(CN)c1ccc(C2CC2)cc1. The number of nitrogens with zero attached hydrogens (tertiary/aromatic N) is 1. The molecule has 1 aliphatic carbocycles. The number of hydrogen-bond donors (Lipinski definition) is 1. The van der Waals surface area contributed by atoms with Gasteiger partial charge in [-0.25, -0.2) is 0 Å². The van der Waals surface area contributed by atoms with Crippen LogP contribution in [0.3, 0.4) is 0 Å². The third kappa shape index (κ3) is 4.31. The molecule has 2 nitrogen and oxygen atoms in total. The molecule has 118 valence electrons. The van der Waals surface area contributed by atoms with Gasteiger partial charge in [0.15, 0.2) is 0 Å². The number of rotatable bonds is 9. The highest BCUT2D eigenvalue weighted by molar-refractivity contribution is 5.30. The third-order valence-corrected chi connectivity index (χ3v) is 4.92. The van der Waals surface area contributed by atoms with Crippen LogP contribution in [-0.4, -0.2) is 24.0 Å². The Hall–Kier alpha value is -0.860. The maximum absolute atomic E-state index is 6.14. The van der Waals surface area contributed by atoms with Crippen molar-refractivity contribution < 1.29 is 0 Å². The zero-order valence-electron chi connectivity index (χ0n) is 14.0. The van der Waals surface area contributed by atoms with E-state index in [2.05, 4.69) is 49.9 Å². The molecule has 0 aliphatic heterocycles. The average molecular weight is 288 g/mol. The minimum absolute atomic E-state index is 0.361. The molecule has 0 radical (unpaired) electrons. The van der Waals surface area contributed by atoms with Gasteiger partial charge in [-0.2, -0.15) is 0 Å². The van der Waals surface area contributed by atoms with Crippen molar-refractivity contribution in [2.24, 2.45) is 5.73 Å². The first kappa shape index (κ1) is 16.5. The highest BCUT2D eigenvalue weighted by atomic mass is 15.2. The molecule has 0 saturated heterocycles. The summed E-state index contributed by atoms with van der Waals surface area (Å²) in [4.78, 5) is 2.61. The van der Waals surface area contributed by atoms with E-state index in [1.165, 1.54) is 43.2 Å². The van der Waals surface area contributed by atoms with Gasteiger partial charge in [-0.1, -0.05) is 44.5 Å². The number of unbranched alkanes of at least 4 members (excludes halogenated alkanes) is 1. The smallest absolute Gasteiger partial charge is 0.0473 e. The van der Waals surface area contributed by atoms with Gasteiger partial charge in [0.2, 0.25) is 0 Å². The lowest BCUT2D eigenvalue weighted by atomic mass is 9.99. The second-order valence-corrected chi connectivity index (χ2v) is 6.54. The second-order valence-electron chi connectivity index (χ2n) is 6.54. The summed E-state index contributed by atoms with van der Waals surface area (Å²) in [5, 5.41) is 0. The van der Waals surface area contributed by atoms with E-state index < -0.39 is 0 Å². The molecular formula is C19H32N2. The summed E-state index contributed by atoms with van der Waals surface area (Å²) in [6.45, 7) is 8.72. The van der Waals surface area contributed by atoms with Crippen molar-refractivity contribution in [2.75, 3.05) is 13.1 Å². The number of benzene rings is 1. The van der Waals surface area contributed by atoms with Gasteiger partial charge in [0.05, 0.1) is 0 Å². The topological polar surface area (TPSA) is 29.3 Å². The molecule has 0 aromatic heterocycles. The summed E-state index contributed by atoms with van der Waals surface area (Å²) in [5.41, 5.74) is 9.04. The fraction of sp³-hybridized carbons (Fsp3) is 0.684. The van der Waals surface area contributed by atoms with Gasteiger partial charge in [-0.05, 0) is 56.2 Å². The fourth-order valence-corrected chi connectivity index (χ4v) is 3.13. The van der Waals surface area contributed by atoms with Crippen LogP contribution in [0, 0.1) is 0 Å². The summed E-state index contributed by atoms with van der Waals surface area (Å²) in [5.74, 6) is 0.834. The van der Waals surface area contributed by atoms with Crippen molar-refractivity contribution in [3.8, 4) is 0 Å². The lowest BCUT2D eigenvalue weighted by Crippen LogP contribution is -2.40. The van der Waals surface area contributed by atoms with E-state index in [1.54, 1.807) is 0 Å². The van der Waals surface area contributed by atoms with Crippen molar-refractivity contribution >= 4 is 0 Å². The number of nitrogens with two attached hydrogens (primary N) is 1. The van der Waals surface area contributed by atoms with Crippen molar-refractivity contribution in [3.05, 3.63) is 35.4 Å². The van der Waals surface area contributed by atoms with Gasteiger partial charge in [0, 0.05) is 18.6 Å². The van der Waals surface area contributed by atoms with Gasteiger partial charge in [-0.15, -0.1) is 0 Å². The molecule has 2 N–H and O–H groups in total. The molecule has 0 bridgehead atoms. The van der Waals surface area contributed by atoms with Gasteiger partial charge in [-0.3, -0.25) is 4.90 Å². The minimum Gasteiger partial charge on any atom is -0.329 e. The lowest BCUT2D eigenvalue weighted by molar-refractivity contribution is 0.141. The Bertz CT molecular complexity index is 408. The third-order valence-electron chi connectivity index (χ3n) is 4.92. The Labute approximate surface area is 130 Å². The van der Waals surface area contributed by atoms with Gasteiger partial charge in [0.1, 0.15) is 0 Å². The van der Waals surface area contributed by atoms with Crippen LogP contribution in [0.1, 0.15) is 76.0 Å². The summed E-state index contributed by atoms with van der Waals surface area (Å²) in [7, 11) is 0. The van der Waals surface area contributed by atoms with Crippen LogP contribution in [0.2, 0.25) is 0 Å². The van der Waals surface area contributed by atoms with E-state index in [4.69, 9.17) is 5.73 Å². The van der Waals surface area contributed by atoms with Crippen molar-refractivity contribution in [3.63, 3.8) is 0 Å². The molecule has 2 rings (SSSR count). The first-order valence-corrected chi connectivity index (χ1v) is 8.76. The highest BCUT2D eigenvalue weighted by Gasteiger charge is 2.25. The summed E-state index contributed by atoms with van der Waals surface area (Å²) in [6.07, 6.45) is 6.41. The quantitative estimate of drug-likeness (QED) is 0.726. The molecule has 1 saturated carbocycles.